The number of carbonyl (C=O) groups is 2. The molecule has 0 rings (SSSR count). The molecule has 0 fully saturated rings. The van der Waals surface area contributed by atoms with E-state index in [1.54, 1.807) is 0 Å². The standard InChI is InChI=1S/C11H21NO3/c1-4-6-9(5-2)7-10(13)12-8(3)11(14)15/h8-9H,4-7H2,1-3H3,(H,12,13)(H,14,15)/p-1. The summed E-state index contributed by atoms with van der Waals surface area (Å²) in [4.78, 5) is 21.8. The lowest BCUT2D eigenvalue weighted by Crippen LogP contribution is -2.46. The molecular weight excluding hydrogens is 194 g/mol. The Morgan fingerprint density at radius 3 is 2.33 bits per heavy atom. The summed E-state index contributed by atoms with van der Waals surface area (Å²) < 4.78 is 0. The molecule has 0 aliphatic rings. The van der Waals surface area contributed by atoms with E-state index in [-0.39, 0.29) is 5.91 Å². The van der Waals surface area contributed by atoms with Crippen LogP contribution in [-0.4, -0.2) is 17.9 Å². The molecule has 88 valence electrons. The first-order chi connectivity index (χ1) is 7.01. The van der Waals surface area contributed by atoms with Crippen molar-refractivity contribution in [2.45, 2.75) is 52.5 Å². The van der Waals surface area contributed by atoms with Crippen molar-refractivity contribution in [1.82, 2.24) is 5.32 Å². The first kappa shape index (κ1) is 13.9. The number of hydrogen-bond acceptors (Lipinski definition) is 3. The Labute approximate surface area is 91.1 Å². The molecule has 4 heteroatoms. The summed E-state index contributed by atoms with van der Waals surface area (Å²) in [7, 11) is 0. The van der Waals surface area contributed by atoms with Gasteiger partial charge in [0, 0.05) is 6.42 Å². The number of carboxylic acids is 1. The first-order valence-corrected chi connectivity index (χ1v) is 5.51. The van der Waals surface area contributed by atoms with Gasteiger partial charge in [0.05, 0.1) is 12.0 Å². The predicted molar refractivity (Wildman–Crippen MR) is 55.9 cm³/mol. The number of hydrogen-bond donors (Lipinski definition) is 1. The van der Waals surface area contributed by atoms with Gasteiger partial charge in [-0.25, -0.2) is 0 Å². The molecule has 0 aliphatic heterocycles. The van der Waals surface area contributed by atoms with Crippen molar-refractivity contribution in [2.24, 2.45) is 5.92 Å². The topological polar surface area (TPSA) is 69.2 Å². The highest BCUT2D eigenvalue weighted by molar-refractivity contribution is 5.82. The van der Waals surface area contributed by atoms with Crippen molar-refractivity contribution < 1.29 is 14.7 Å². The fourth-order valence-electron chi connectivity index (χ4n) is 1.48. The van der Waals surface area contributed by atoms with E-state index in [2.05, 4.69) is 12.2 Å². The minimum Gasteiger partial charge on any atom is -0.548 e. The second-order valence-corrected chi connectivity index (χ2v) is 3.88. The summed E-state index contributed by atoms with van der Waals surface area (Å²) in [5.74, 6) is -1.09. The fraction of sp³-hybridized carbons (Fsp3) is 0.818. The van der Waals surface area contributed by atoms with E-state index in [0.717, 1.165) is 19.3 Å². The first-order valence-electron chi connectivity index (χ1n) is 5.51. The minimum atomic E-state index is -1.24. The van der Waals surface area contributed by atoms with Gasteiger partial charge in [0.15, 0.2) is 0 Å². The van der Waals surface area contributed by atoms with Gasteiger partial charge in [-0.15, -0.1) is 0 Å². The summed E-state index contributed by atoms with van der Waals surface area (Å²) in [6.07, 6.45) is 3.40. The maximum absolute atomic E-state index is 11.4. The normalized spacial score (nSPS) is 14.3. The van der Waals surface area contributed by atoms with Gasteiger partial charge in [-0.1, -0.05) is 33.1 Å². The smallest absolute Gasteiger partial charge is 0.220 e. The molecule has 0 spiro atoms. The van der Waals surface area contributed by atoms with Crippen LogP contribution in [0.15, 0.2) is 0 Å². The van der Waals surface area contributed by atoms with E-state index >= 15 is 0 Å². The van der Waals surface area contributed by atoms with Crippen LogP contribution >= 0.6 is 0 Å². The van der Waals surface area contributed by atoms with Crippen LogP contribution in [0, 0.1) is 5.92 Å². The Kier molecular flexibility index (Phi) is 6.75. The lowest BCUT2D eigenvalue weighted by atomic mass is 9.96. The van der Waals surface area contributed by atoms with Crippen molar-refractivity contribution in [2.75, 3.05) is 0 Å². The van der Waals surface area contributed by atoms with Gasteiger partial charge in [0.25, 0.3) is 0 Å². The average Bonchev–Trinajstić information content (AvgIpc) is 2.16. The zero-order chi connectivity index (χ0) is 11.8. The van der Waals surface area contributed by atoms with Crippen LogP contribution in [0.1, 0.15) is 46.5 Å². The Morgan fingerprint density at radius 1 is 1.33 bits per heavy atom. The molecule has 0 saturated heterocycles. The lowest BCUT2D eigenvalue weighted by molar-refractivity contribution is -0.307. The molecular formula is C11H20NO3-. The Hall–Kier alpha value is -1.06. The van der Waals surface area contributed by atoms with Gasteiger partial charge in [0.1, 0.15) is 0 Å². The summed E-state index contributed by atoms with van der Waals surface area (Å²) in [6, 6.07) is -0.906. The van der Waals surface area contributed by atoms with Gasteiger partial charge in [-0.2, -0.15) is 0 Å². The number of nitrogens with one attached hydrogen (secondary N) is 1. The quantitative estimate of drug-likeness (QED) is 0.669. The summed E-state index contributed by atoms with van der Waals surface area (Å²) in [5.41, 5.74) is 0. The third-order valence-electron chi connectivity index (χ3n) is 2.48. The van der Waals surface area contributed by atoms with Crippen molar-refractivity contribution in [3.63, 3.8) is 0 Å². The molecule has 0 aromatic heterocycles. The van der Waals surface area contributed by atoms with E-state index in [1.165, 1.54) is 6.92 Å². The van der Waals surface area contributed by atoms with Crippen molar-refractivity contribution in [3.05, 3.63) is 0 Å². The Morgan fingerprint density at radius 2 is 1.93 bits per heavy atom. The number of carboxylic acid groups (broad SMARTS) is 1. The molecule has 0 radical (unpaired) electrons. The van der Waals surface area contributed by atoms with E-state index < -0.39 is 12.0 Å². The van der Waals surface area contributed by atoms with Gasteiger partial charge < -0.3 is 15.2 Å². The molecule has 0 aromatic rings. The maximum Gasteiger partial charge on any atom is 0.220 e. The molecule has 1 N–H and O–H groups in total. The number of rotatable bonds is 7. The molecule has 2 atom stereocenters. The zero-order valence-corrected chi connectivity index (χ0v) is 9.71. The van der Waals surface area contributed by atoms with Crippen molar-refractivity contribution in [3.8, 4) is 0 Å². The predicted octanol–water partition coefficient (Wildman–Crippen LogP) is 0.457. The van der Waals surface area contributed by atoms with Crippen LogP contribution in [-0.2, 0) is 9.59 Å². The molecule has 15 heavy (non-hydrogen) atoms. The lowest BCUT2D eigenvalue weighted by Gasteiger charge is -2.17. The van der Waals surface area contributed by atoms with E-state index in [1.807, 2.05) is 6.92 Å². The zero-order valence-electron chi connectivity index (χ0n) is 9.71. The maximum atomic E-state index is 11.4. The molecule has 0 heterocycles. The van der Waals surface area contributed by atoms with Gasteiger partial charge >= 0.3 is 0 Å². The van der Waals surface area contributed by atoms with E-state index in [9.17, 15) is 14.7 Å². The summed E-state index contributed by atoms with van der Waals surface area (Å²) in [6.45, 7) is 5.52. The number of amides is 1. The number of carbonyl (C=O) groups excluding carboxylic acids is 2. The Balaban J connectivity index is 3.95. The van der Waals surface area contributed by atoms with Crippen LogP contribution in [0.25, 0.3) is 0 Å². The molecule has 0 saturated carbocycles. The molecule has 4 nitrogen and oxygen atoms in total. The third kappa shape index (κ3) is 6.10. The molecule has 1 amide bonds. The van der Waals surface area contributed by atoms with Crippen LogP contribution in [0.5, 0.6) is 0 Å². The molecule has 0 aliphatic carbocycles. The van der Waals surface area contributed by atoms with Crippen LogP contribution in [0.4, 0.5) is 0 Å². The summed E-state index contributed by atoms with van der Waals surface area (Å²) >= 11 is 0. The fourth-order valence-corrected chi connectivity index (χ4v) is 1.48. The second kappa shape index (κ2) is 7.26. The van der Waals surface area contributed by atoms with Gasteiger partial charge in [-0.3, -0.25) is 4.79 Å². The van der Waals surface area contributed by atoms with Crippen molar-refractivity contribution >= 4 is 11.9 Å². The second-order valence-electron chi connectivity index (χ2n) is 3.88. The largest absolute Gasteiger partial charge is 0.548 e. The van der Waals surface area contributed by atoms with Gasteiger partial charge in [0.2, 0.25) is 5.91 Å². The number of aliphatic carboxylic acids is 1. The highest BCUT2D eigenvalue weighted by Gasteiger charge is 2.13. The summed E-state index contributed by atoms with van der Waals surface area (Å²) in [5, 5.41) is 12.8. The van der Waals surface area contributed by atoms with Gasteiger partial charge in [-0.05, 0) is 12.8 Å². The van der Waals surface area contributed by atoms with E-state index in [4.69, 9.17) is 0 Å². The van der Waals surface area contributed by atoms with Crippen molar-refractivity contribution in [1.29, 1.82) is 0 Å². The minimum absolute atomic E-state index is 0.202. The van der Waals surface area contributed by atoms with E-state index in [0.29, 0.717) is 12.3 Å². The Bertz CT molecular complexity index is 216. The highest BCUT2D eigenvalue weighted by atomic mass is 16.4. The third-order valence-corrected chi connectivity index (χ3v) is 2.48. The average molecular weight is 214 g/mol. The molecule has 2 unspecified atom stereocenters. The highest BCUT2D eigenvalue weighted by Crippen LogP contribution is 2.14. The van der Waals surface area contributed by atoms with Crippen LogP contribution < -0.4 is 10.4 Å². The molecule has 0 bridgehead atoms. The van der Waals surface area contributed by atoms with Crippen LogP contribution in [0.2, 0.25) is 0 Å². The van der Waals surface area contributed by atoms with Crippen LogP contribution in [0.3, 0.4) is 0 Å². The molecule has 0 aromatic carbocycles. The SMILES string of the molecule is CCCC(CC)CC(=O)NC(C)C(=O)[O-]. The monoisotopic (exact) mass is 214 g/mol.